The Kier molecular flexibility index (Phi) is 3.18. The van der Waals surface area contributed by atoms with E-state index in [4.69, 9.17) is 4.74 Å². The standard InChI is InChI=1S/C15H16N2O3/c1-9(14(18)17-10-6-7-10)20-15(19)12-8-16-13-5-3-2-4-11(12)13/h2-5,8-10,16H,6-7H2,1H3,(H,17,18)/t9-/m1/s1. The molecule has 1 aromatic carbocycles. The molecular formula is C15H16N2O3. The Hall–Kier alpha value is -2.30. The van der Waals surface area contributed by atoms with Crippen LogP contribution in [0.2, 0.25) is 0 Å². The van der Waals surface area contributed by atoms with E-state index in [9.17, 15) is 9.59 Å². The van der Waals surface area contributed by atoms with Crippen molar-refractivity contribution < 1.29 is 14.3 Å². The van der Waals surface area contributed by atoms with E-state index in [0.29, 0.717) is 5.56 Å². The van der Waals surface area contributed by atoms with Crippen LogP contribution < -0.4 is 5.32 Å². The number of ether oxygens (including phenoxy) is 1. The first-order chi connectivity index (χ1) is 9.65. The Morgan fingerprint density at radius 1 is 1.35 bits per heavy atom. The molecule has 1 saturated carbocycles. The maximum Gasteiger partial charge on any atom is 0.341 e. The lowest BCUT2D eigenvalue weighted by Gasteiger charge is -2.12. The molecule has 1 heterocycles. The minimum atomic E-state index is -0.781. The molecule has 0 spiro atoms. The van der Waals surface area contributed by atoms with Crippen LogP contribution in [0.3, 0.4) is 0 Å². The van der Waals surface area contributed by atoms with Crippen LogP contribution in [0.5, 0.6) is 0 Å². The van der Waals surface area contributed by atoms with Gasteiger partial charge in [-0.3, -0.25) is 4.79 Å². The van der Waals surface area contributed by atoms with E-state index in [-0.39, 0.29) is 11.9 Å². The number of benzene rings is 1. The highest BCUT2D eigenvalue weighted by atomic mass is 16.5. The first kappa shape index (κ1) is 12.7. The van der Waals surface area contributed by atoms with Crippen LogP contribution in [0.25, 0.3) is 10.9 Å². The van der Waals surface area contributed by atoms with Gasteiger partial charge < -0.3 is 15.0 Å². The topological polar surface area (TPSA) is 71.2 Å². The van der Waals surface area contributed by atoms with Gasteiger partial charge in [0.25, 0.3) is 5.91 Å². The van der Waals surface area contributed by atoms with Crippen LogP contribution in [0.15, 0.2) is 30.5 Å². The number of para-hydroxylation sites is 1. The molecule has 0 radical (unpaired) electrons. The largest absolute Gasteiger partial charge is 0.449 e. The van der Waals surface area contributed by atoms with Gasteiger partial charge in [-0.2, -0.15) is 0 Å². The van der Waals surface area contributed by atoms with Gasteiger partial charge in [-0.25, -0.2) is 4.79 Å². The van der Waals surface area contributed by atoms with E-state index in [2.05, 4.69) is 10.3 Å². The number of amides is 1. The third-order valence-electron chi connectivity index (χ3n) is 3.39. The fraction of sp³-hybridized carbons (Fsp3) is 0.333. The van der Waals surface area contributed by atoms with Crippen LogP contribution in [0.4, 0.5) is 0 Å². The molecular weight excluding hydrogens is 256 g/mol. The molecule has 0 unspecified atom stereocenters. The van der Waals surface area contributed by atoms with Crippen molar-refractivity contribution >= 4 is 22.8 Å². The van der Waals surface area contributed by atoms with Crippen LogP contribution in [-0.2, 0) is 9.53 Å². The molecule has 104 valence electrons. The van der Waals surface area contributed by atoms with Gasteiger partial charge in [0.1, 0.15) is 0 Å². The van der Waals surface area contributed by atoms with E-state index in [0.717, 1.165) is 23.7 Å². The van der Waals surface area contributed by atoms with E-state index >= 15 is 0 Å². The van der Waals surface area contributed by atoms with Crippen molar-refractivity contribution in [2.75, 3.05) is 0 Å². The van der Waals surface area contributed by atoms with Crippen molar-refractivity contribution in [2.45, 2.75) is 31.9 Å². The number of H-pyrrole nitrogens is 1. The van der Waals surface area contributed by atoms with Crippen molar-refractivity contribution in [2.24, 2.45) is 0 Å². The summed E-state index contributed by atoms with van der Waals surface area (Å²) in [4.78, 5) is 26.9. The summed E-state index contributed by atoms with van der Waals surface area (Å²) in [5.74, 6) is -0.721. The molecule has 1 aromatic heterocycles. The number of nitrogens with one attached hydrogen (secondary N) is 2. The van der Waals surface area contributed by atoms with Crippen LogP contribution >= 0.6 is 0 Å². The monoisotopic (exact) mass is 272 g/mol. The number of rotatable bonds is 4. The van der Waals surface area contributed by atoms with Crippen molar-refractivity contribution in [3.05, 3.63) is 36.0 Å². The Morgan fingerprint density at radius 2 is 2.10 bits per heavy atom. The first-order valence-corrected chi connectivity index (χ1v) is 6.72. The van der Waals surface area contributed by atoms with Crippen LogP contribution in [0.1, 0.15) is 30.1 Å². The van der Waals surface area contributed by atoms with Gasteiger partial charge in [-0.1, -0.05) is 18.2 Å². The minimum absolute atomic E-state index is 0.235. The number of aromatic nitrogens is 1. The number of carbonyl (C=O) groups is 2. The molecule has 20 heavy (non-hydrogen) atoms. The smallest absolute Gasteiger partial charge is 0.341 e. The summed E-state index contributed by atoms with van der Waals surface area (Å²) in [6.07, 6.45) is 2.85. The molecule has 5 nitrogen and oxygen atoms in total. The normalized spacial score (nSPS) is 15.8. The second kappa shape index (κ2) is 5.00. The molecule has 1 aliphatic rings. The molecule has 3 rings (SSSR count). The van der Waals surface area contributed by atoms with Gasteiger partial charge in [0.2, 0.25) is 0 Å². The molecule has 1 atom stereocenters. The van der Waals surface area contributed by atoms with Gasteiger partial charge in [0, 0.05) is 23.1 Å². The first-order valence-electron chi connectivity index (χ1n) is 6.72. The predicted molar refractivity (Wildman–Crippen MR) is 74.3 cm³/mol. The Balaban J connectivity index is 1.70. The highest BCUT2D eigenvalue weighted by Crippen LogP contribution is 2.20. The van der Waals surface area contributed by atoms with Gasteiger partial charge in [0.15, 0.2) is 6.10 Å². The maximum atomic E-state index is 12.1. The van der Waals surface area contributed by atoms with Gasteiger partial charge in [0.05, 0.1) is 5.56 Å². The summed E-state index contributed by atoms with van der Waals surface area (Å²) in [6, 6.07) is 7.74. The molecule has 2 aromatic rings. The fourth-order valence-corrected chi connectivity index (χ4v) is 2.06. The lowest BCUT2D eigenvalue weighted by Crippen LogP contribution is -2.37. The van der Waals surface area contributed by atoms with E-state index in [1.807, 2.05) is 24.3 Å². The van der Waals surface area contributed by atoms with Crippen molar-refractivity contribution in [1.82, 2.24) is 10.3 Å². The number of carbonyl (C=O) groups excluding carboxylic acids is 2. The van der Waals surface area contributed by atoms with Crippen LogP contribution in [0, 0.1) is 0 Å². The number of esters is 1. The predicted octanol–water partition coefficient (Wildman–Crippen LogP) is 1.99. The fourth-order valence-electron chi connectivity index (χ4n) is 2.06. The SMILES string of the molecule is C[C@@H](OC(=O)c1c[nH]c2ccccc12)C(=O)NC1CC1. The third-order valence-corrected chi connectivity index (χ3v) is 3.39. The molecule has 5 heteroatoms. The summed E-state index contributed by atoms with van der Waals surface area (Å²) < 4.78 is 5.22. The zero-order chi connectivity index (χ0) is 14.1. The van der Waals surface area contributed by atoms with Crippen molar-refractivity contribution in [3.8, 4) is 0 Å². The van der Waals surface area contributed by atoms with Gasteiger partial charge >= 0.3 is 5.97 Å². The molecule has 1 amide bonds. The van der Waals surface area contributed by atoms with Gasteiger partial charge in [-0.05, 0) is 25.8 Å². The van der Waals surface area contributed by atoms with E-state index in [1.54, 1.807) is 13.1 Å². The molecule has 0 aliphatic heterocycles. The minimum Gasteiger partial charge on any atom is -0.449 e. The number of fused-ring (bicyclic) bond motifs is 1. The quantitative estimate of drug-likeness (QED) is 0.836. The van der Waals surface area contributed by atoms with E-state index < -0.39 is 12.1 Å². The molecule has 0 saturated heterocycles. The summed E-state index contributed by atoms with van der Waals surface area (Å²) in [5, 5.41) is 3.62. The lowest BCUT2D eigenvalue weighted by atomic mass is 10.2. The van der Waals surface area contributed by atoms with E-state index in [1.165, 1.54) is 0 Å². The zero-order valence-corrected chi connectivity index (χ0v) is 11.2. The third kappa shape index (κ3) is 2.52. The summed E-state index contributed by atoms with van der Waals surface area (Å²) >= 11 is 0. The lowest BCUT2D eigenvalue weighted by molar-refractivity contribution is -0.129. The van der Waals surface area contributed by atoms with Gasteiger partial charge in [-0.15, -0.1) is 0 Å². The molecule has 2 N–H and O–H groups in total. The second-order valence-electron chi connectivity index (χ2n) is 5.08. The average molecular weight is 272 g/mol. The van der Waals surface area contributed by atoms with Crippen molar-refractivity contribution in [1.29, 1.82) is 0 Å². The van der Waals surface area contributed by atoms with Crippen LogP contribution in [-0.4, -0.2) is 29.0 Å². The highest BCUT2D eigenvalue weighted by molar-refractivity contribution is 6.04. The molecule has 1 fully saturated rings. The number of hydrogen-bond acceptors (Lipinski definition) is 3. The Bertz CT molecular complexity index is 658. The highest BCUT2D eigenvalue weighted by Gasteiger charge is 2.27. The Morgan fingerprint density at radius 3 is 2.85 bits per heavy atom. The Labute approximate surface area is 116 Å². The second-order valence-corrected chi connectivity index (χ2v) is 5.08. The molecule has 0 bridgehead atoms. The number of hydrogen-bond donors (Lipinski definition) is 2. The maximum absolute atomic E-state index is 12.1. The van der Waals surface area contributed by atoms with Crippen molar-refractivity contribution in [3.63, 3.8) is 0 Å². The zero-order valence-electron chi connectivity index (χ0n) is 11.2. The summed E-state index contributed by atoms with van der Waals surface area (Å²) in [7, 11) is 0. The number of aromatic amines is 1. The molecule has 1 aliphatic carbocycles. The summed E-state index contributed by atoms with van der Waals surface area (Å²) in [5.41, 5.74) is 1.32. The average Bonchev–Trinajstić information content (AvgIpc) is 3.14. The summed E-state index contributed by atoms with van der Waals surface area (Å²) in [6.45, 7) is 1.59.